The van der Waals surface area contributed by atoms with Crippen LogP contribution in [0.1, 0.15) is 37.5 Å². The van der Waals surface area contributed by atoms with Gasteiger partial charge in [-0.05, 0) is 38.5 Å². The van der Waals surface area contributed by atoms with E-state index in [2.05, 4.69) is 48.8 Å². The largest absolute Gasteiger partial charge is 0.198 e. The predicted octanol–water partition coefficient (Wildman–Crippen LogP) is 3.68. The molecule has 0 aliphatic carbocycles. The number of nitriles is 2. The third-order valence-corrected chi connectivity index (χ3v) is 2.98. The van der Waals surface area contributed by atoms with Crippen LogP contribution in [0.15, 0.2) is 16.6 Å². The lowest BCUT2D eigenvalue weighted by molar-refractivity contribution is 0.587. The monoisotopic (exact) mass is 276 g/mol. The van der Waals surface area contributed by atoms with Crippen LogP contribution >= 0.6 is 15.9 Å². The zero-order chi connectivity index (χ0) is 12.3. The zero-order valence-electron chi connectivity index (χ0n) is 9.63. The van der Waals surface area contributed by atoms with Gasteiger partial charge in [-0.1, -0.05) is 26.8 Å². The van der Waals surface area contributed by atoms with Crippen molar-refractivity contribution in [1.82, 2.24) is 0 Å². The minimum Gasteiger partial charge on any atom is -0.198 e. The van der Waals surface area contributed by atoms with Crippen molar-refractivity contribution in [3.63, 3.8) is 0 Å². The van der Waals surface area contributed by atoms with Crippen molar-refractivity contribution in [2.75, 3.05) is 0 Å². The molecule has 0 saturated heterocycles. The van der Waals surface area contributed by atoms with Gasteiger partial charge >= 0.3 is 0 Å². The van der Waals surface area contributed by atoms with E-state index < -0.39 is 0 Å². The molecule has 0 unspecified atom stereocenters. The first kappa shape index (κ1) is 12.7. The number of hydrogen-bond acceptors (Lipinski definition) is 2. The molecule has 0 N–H and O–H groups in total. The molecule has 0 aliphatic rings. The fourth-order valence-electron chi connectivity index (χ4n) is 1.56. The highest BCUT2D eigenvalue weighted by atomic mass is 79.9. The minimum atomic E-state index is -0.0982. The number of benzene rings is 1. The number of nitrogens with zero attached hydrogens (tertiary/aromatic N) is 2. The lowest BCUT2D eigenvalue weighted by atomic mass is 9.83. The first-order valence-corrected chi connectivity index (χ1v) is 5.79. The summed E-state index contributed by atoms with van der Waals surface area (Å²) in [6.45, 7) is 6.18. The zero-order valence-corrected chi connectivity index (χ0v) is 11.2. The second-order valence-electron chi connectivity index (χ2n) is 4.70. The maximum atomic E-state index is 9.14. The van der Waals surface area contributed by atoms with Crippen molar-refractivity contribution in [3.8, 4) is 12.1 Å². The third-order valence-electron chi connectivity index (χ3n) is 2.35. The van der Waals surface area contributed by atoms with Gasteiger partial charge in [-0.2, -0.15) is 10.5 Å². The van der Waals surface area contributed by atoms with Crippen molar-refractivity contribution in [2.24, 2.45) is 0 Å². The molecule has 1 aromatic carbocycles. The van der Waals surface area contributed by atoms with Gasteiger partial charge in [0.25, 0.3) is 0 Å². The highest BCUT2D eigenvalue weighted by Crippen LogP contribution is 2.31. The molecule has 0 radical (unpaired) electrons. The smallest absolute Gasteiger partial charge is 0.101 e. The minimum absolute atomic E-state index is 0.0982. The molecular formula is C13H13BrN2. The third kappa shape index (κ3) is 2.62. The van der Waals surface area contributed by atoms with Crippen molar-refractivity contribution < 1.29 is 0 Å². The normalized spacial score (nSPS) is 10.6. The summed E-state index contributed by atoms with van der Waals surface area (Å²) in [4.78, 5) is 0. The van der Waals surface area contributed by atoms with Crippen LogP contribution in [0.4, 0.5) is 0 Å². The van der Waals surface area contributed by atoms with Crippen molar-refractivity contribution in [2.45, 2.75) is 32.6 Å². The maximum absolute atomic E-state index is 9.14. The van der Waals surface area contributed by atoms with Gasteiger partial charge in [-0.25, -0.2) is 0 Å². The molecule has 1 aromatic rings. The first-order valence-electron chi connectivity index (χ1n) is 5.00. The average molecular weight is 277 g/mol. The molecule has 0 fully saturated rings. The summed E-state index contributed by atoms with van der Waals surface area (Å²) >= 11 is 3.39. The Morgan fingerprint density at radius 1 is 1.25 bits per heavy atom. The maximum Gasteiger partial charge on any atom is 0.101 e. The van der Waals surface area contributed by atoms with Crippen LogP contribution in [0.2, 0.25) is 0 Å². The van der Waals surface area contributed by atoms with Gasteiger partial charge in [-0.3, -0.25) is 0 Å². The Kier molecular flexibility index (Phi) is 3.73. The first-order chi connectivity index (χ1) is 7.40. The lowest BCUT2D eigenvalue weighted by Gasteiger charge is -2.22. The van der Waals surface area contributed by atoms with Gasteiger partial charge in [-0.15, -0.1) is 0 Å². The summed E-state index contributed by atoms with van der Waals surface area (Å²) in [5.74, 6) is 0. The van der Waals surface area contributed by atoms with E-state index in [1.165, 1.54) is 0 Å². The molecule has 0 aliphatic heterocycles. The average Bonchev–Trinajstić information content (AvgIpc) is 2.16. The SMILES string of the molecule is CC(C)(C)c1cc(CC#N)cc(Br)c1C#N. The van der Waals surface area contributed by atoms with Crippen LogP contribution < -0.4 is 0 Å². The van der Waals surface area contributed by atoms with Crippen LogP contribution in [0.5, 0.6) is 0 Å². The molecule has 0 aromatic heterocycles. The van der Waals surface area contributed by atoms with Crippen LogP contribution in [0.25, 0.3) is 0 Å². The highest BCUT2D eigenvalue weighted by molar-refractivity contribution is 9.10. The summed E-state index contributed by atoms with van der Waals surface area (Å²) < 4.78 is 0.771. The molecule has 82 valence electrons. The Bertz CT molecular complexity index is 484. The van der Waals surface area contributed by atoms with Crippen LogP contribution in [0.3, 0.4) is 0 Å². The molecular weight excluding hydrogens is 264 g/mol. The molecule has 0 spiro atoms. The molecule has 3 heteroatoms. The number of halogens is 1. The molecule has 1 rings (SSSR count). The standard InChI is InChI=1S/C13H13BrN2/c1-13(2,3)11-6-9(4-5-15)7-12(14)10(11)8-16/h6-7H,4H2,1-3H3. The van der Waals surface area contributed by atoms with Crippen LogP contribution in [-0.2, 0) is 11.8 Å². The quantitative estimate of drug-likeness (QED) is 0.786. The van der Waals surface area contributed by atoms with Gasteiger partial charge in [0.05, 0.1) is 18.1 Å². The molecule has 0 atom stereocenters. The summed E-state index contributed by atoms with van der Waals surface area (Å²) in [7, 11) is 0. The summed E-state index contributed by atoms with van der Waals surface area (Å²) in [6, 6.07) is 8.13. The number of rotatable bonds is 1. The van der Waals surface area contributed by atoms with Crippen molar-refractivity contribution in [1.29, 1.82) is 10.5 Å². The van der Waals surface area contributed by atoms with E-state index in [4.69, 9.17) is 10.5 Å². The van der Waals surface area contributed by atoms with E-state index in [0.29, 0.717) is 12.0 Å². The van der Waals surface area contributed by atoms with E-state index in [1.807, 2.05) is 12.1 Å². The van der Waals surface area contributed by atoms with E-state index >= 15 is 0 Å². The molecule has 16 heavy (non-hydrogen) atoms. The van der Waals surface area contributed by atoms with Gasteiger partial charge in [0.2, 0.25) is 0 Å². The van der Waals surface area contributed by atoms with Crippen LogP contribution in [0, 0.1) is 22.7 Å². The van der Waals surface area contributed by atoms with Gasteiger partial charge < -0.3 is 0 Å². The fourth-order valence-corrected chi connectivity index (χ4v) is 2.16. The topological polar surface area (TPSA) is 47.6 Å². The fraction of sp³-hybridized carbons (Fsp3) is 0.385. The summed E-state index contributed by atoms with van der Waals surface area (Å²) in [6.07, 6.45) is 0.368. The van der Waals surface area contributed by atoms with Crippen molar-refractivity contribution in [3.05, 3.63) is 33.3 Å². The van der Waals surface area contributed by atoms with E-state index in [1.54, 1.807) is 0 Å². The molecule has 2 nitrogen and oxygen atoms in total. The van der Waals surface area contributed by atoms with E-state index in [0.717, 1.165) is 15.6 Å². The Hall–Kier alpha value is -1.32. The molecule has 0 heterocycles. The van der Waals surface area contributed by atoms with Gasteiger partial charge in [0.15, 0.2) is 0 Å². The Labute approximate surface area is 105 Å². The van der Waals surface area contributed by atoms with Crippen LogP contribution in [-0.4, -0.2) is 0 Å². The Morgan fingerprint density at radius 3 is 2.31 bits per heavy atom. The lowest BCUT2D eigenvalue weighted by Crippen LogP contribution is -2.14. The Balaban J connectivity index is 3.46. The summed E-state index contributed by atoms with van der Waals surface area (Å²) in [5, 5.41) is 17.8. The predicted molar refractivity (Wildman–Crippen MR) is 66.9 cm³/mol. The van der Waals surface area contributed by atoms with Gasteiger partial charge in [0, 0.05) is 4.47 Å². The number of hydrogen-bond donors (Lipinski definition) is 0. The summed E-state index contributed by atoms with van der Waals surface area (Å²) in [5.41, 5.74) is 2.49. The van der Waals surface area contributed by atoms with Crippen molar-refractivity contribution >= 4 is 15.9 Å². The van der Waals surface area contributed by atoms with E-state index in [9.17, 15) is 0 Å². The second-order valence-corrected chi connectivity index (χ2v) is 5.55. The molecule has 0 bridgehead atoms. The van der Waals surface area contributed by atoms with Gasteiger partial charge in [0.1, 0.15) is 6.07 Å². The Morgan fingerprint density at radius 2 is 1.88 bits per heavy atom. The highest BCUT2D eigenvalue weighted by Gasteiger charge is 2.20. The molecule has 0 saturated carbocycles. The van der Waals surface area contributed by atoms with E-state index in [-0.39, 0.29) is 5.41 Å². The molecule has 0 amide bonds. The second kappa shape index (κ2) is 4.68.